The second-order valence-corrected chi connectivity index (χ2v) is 6.73. The van der Waals surface area contributed by atoms with Gasteiger partial charge in [0.15, 0.2) is 0 Å². The van der Waals surface area contributed by atoms with Gasteiger partial charge in [-0.3, -0.25) is 0 Å². The van der Waals surface area contributed by atoms with Gasteiger partial charge in [0.25, 0.3) is 0 Å². The van der Waals surface area contributed by atoms with Gasteiger partial charge in [0.05, 0.1) is 6.61 Å². The van der Waals surface area contributed by atoms with Gasteiger partial charge in [-0.15, -0.1) is 0 Å². The summed E-state index contributed by atoms with van der Waals surface area (Å²) in [5.74, 6) is -0.364. The first-order valence-electron chi connectivity index (χ1n) is 7.20. The third-order valence-electron chi connectivity index (χ3n) is 2.30. The number of carbonyl (C=O) groups is 1. The first-order valence-corrected chi connectivity index (χ1v) is 9.13. The van der Waals surface area contributed by atoms with E-state index in [0.29, 0.717) is 44.5 Å². The Balaban J connectivity index is 0. The minimum absolute atomic E-state index is 0.327. The summed E-state index contributed by atoms with van der Waals surface area (Å²) in [6.07, 6.45) is 0.658. The monoisotopic (exact) mass is 322 g/mol. The second kappa shape index (κ2) is 14.2. The van der Waals surface area contributed by atoms with E-state index in [-0.39, 0.29) is 5.97 Å². The number of aliphatic hydroxyl groups is 1. The Morgan fingerprint density at radius 1 is 1.05 bits per heavy atom. The molecule has 0 heterocycles. The van der Waals surface area contributed by atoms with Crippen LogP contribution in [0.2, 0.25) is 6.04 Å². The number of aliphatic hydroxyl groups excluding tert-OH is 1. The molecule has 126 valence electrons. The molecule has 0 amide bonds. The van der Waals surface area contributed by atoms with Crippen LogP contribution in [-0.2, 0) is 22.8 Å². The highest BCUT2D eigenvalue weighted by Crippen LogP contribution is 2.18. The molecular weight excluding hydrogens is 292 g/mol. The van der Waals surface area contributed by atoms with Crippen molar-refractivity contribution in [3.63, 3.8) is 0 Å². The molecule has 1 N–H and O–H groups in total. The molecule has 0 unspecified atom stereocenters. The third kappa shape index (κ3) is 10.6. The summed E-state index contributed by atoms with van der Waals surface area (Å²) in [6.45, 7) is 12.9. The van der Waals surface area contributed by atoms with Crippen molar-refractivity contribution in [1.29, 1.82) is 0 Å². The summed E-state index contributed by atoms with van der Waals surface area (Å²) < 4.78 is 22.2. The van der Waals surface area contributed by atoms with Crippen LogP contribution in [0.1, 0.15) is 34.1 Å². The average molecular weight is 322 g/mol. The Bertz CT molecular complexity index is 266. The molecule has 0 fully saturated rings. The fraction of sp³-hybridized carbons (Fsp3) is 0.786. The molecule has 0 aromatic carbocycles. The lowest BCUT2D eigenvalue weighted by Crippen LogP contribution is -2.46. The van der Waals surface area contributed by atoms with Crippen LogP contribution < -0.4 is 0 Å². The summed E-state index contributed by atoms with van der Waals surface area (Å²) in [7, 11) is -1.61. The summed E-state index contributed by atoms with van der Waals surface area (Å²) >= 11 is 0. The molecule has 0 aromatic rings. The third-order valence-corrected chi connectivity index (χ3v) is 5.45. The summed E-state index contributed by atoms with van der Waals surface area (Å²) in [5, 5.41) is 7.00. The van der Waals surface area contributed by atoms with Gasteiger partial charge >= 0.3 is 14.8 Å². The predicted octanol–water partition coefficient (Wildman–Crippen LogP) is 2.15. The quantitative estimate of drug-likeness (QED) is 0.272. The zero-order valence-electron chi connectivity index (χ0n) is 13.9. The molecule has 6 nitrogen and oxygen atoms in total. The van der Waals surface area contributed by atoms with Crippen molar-refractivity contribution in [2.24, 2.45) is 0 Å². The van der Waals surface area contributed by atoms with E-state index < -0.39 is 8.80 Å². The number of esters is 1. The van der Waals surface area contributed by atoms with Crippen LogP contribution in [0.15, 0.2) is 12.2 Å². The lowest BCUT2D eigenvalue weighted by atomic mass is 10.4. The SMILES string of the molecule is C=C(C)C(=O)OCCC[Si](OCC)(OCC)OCC.CO. The Hall–Kier alpha value is -0.733. The van der Waals surface area contributed by atoms with E-state index in [9.17, 15) is 4.79 Å². The Morgan fingerprint density at radius 2 is 1.48 bits per heavy atom. The highest BCUT2D eigenvalue weighted by atomic mass is 28.4. The number of ether oxygens (including phenoxy) is 1. The molecule has 0 aliphatic rings. The van der Waals surface area contributed by atoms with Crippen molar-refractivity contribution < 1.29 is 27.9 Å². The molecule has 0 saturated carbocycles. The second-order valence-electron chi connectivity index (χ2n) is 4.00. The minimum atomic E-state index is -2.61. The van der Waals surface area contributed by atoms with Crippen molar-refractivity contribution in [1.82, 2.24) is 0 Å². The normalized spacial score (nSPS) is 10.6. The molecular formula is C14H30O6Si. The van der Waals surface area contributed by atoms with E-state index >= 15 is 0 Å². The Morgan fingerprint density at radius 3 is 1.81 bits per heavy atom. The fourth-order valence-corrected chi connectivity index (χ4v) is 4.16. The van der Waals surface area contributed by atoms with E-state index in [1.807, 2.05) is 20.8 Å². The molecule has 21 heavy (non-hydrogen) atoms. The molecule has 7 heteroatoms. The van der Waals surface area contributed by atoms with Gasteiger partial charge in [0.1, 0.15) is 0 Å². The smallest absolute Gasteiger partial charge is 0.462 e. The molecule has 0 rings (SSSR count). The summed E-state index contributed by atoms with van der Waals surface area (Å²) in [6, 6.07) is 0.645. The van der Waals surface area contributed by atoms with E-state index in [2.05, 4.69) is 6.58 Å². The van der Waals surface area contributed by atoms with E-state index in [1.54, 1.807) is 6.92 Å². The zero-order valence-corrected chi connectivity index (χ0v) is 14.9. The summed E-state index contributed by atoms with van der Waals surface area (Å²) in [5.41, 5.74) is 0.405. The molecule has 0 aromatic heterocycles. The minimum Gasteiger partial charge on any atom is -0.462 e. The largest absolute Gasteiger partial charge is 0.501 e. The van der Waals surface area contributed by atoms with Crippen LogP contribution >= 0.6 is 0 Å². The molecule has 0 radical (unpaired) electrons. The highest BCUT2D eigenvalue weighted by Gasteiger charge is 2.39. The van der Waals surface area contributed by atoms with Crippen LogP contribution in [0.25, 0.3) is 0 Å². The van der Waals surface area contributed by atoms with Gasteiger partial charge in [-0.05, 0) is 34.1 Å². The summed E-state index contributed by atoms with van der Waals surface area (Å²) in [4.78, 5) is 11.2. The van der Waals surface area contributed by atoms with E-state index in [4.69, 9.17) is 23.1 Å². The standard InChI is InChI=1S/C13H26O5Si.CH4O/c1-6-16-19(17-7-2,18-8-3)11-9-10-15-13(14)12(4)5;1-2/h4,6-11H2,1-3,5H3;2H,1H3. The number of carbonyl (C=O) groups excluding carboxylic acids is 1. The van der Waals surface area contributed by atoms with Gasteiger partial charge in [0.2, 0.25) is 0 Å². The Labute approximate surface area is 129 Å². The van der Waals surface area contributed by atoms with Crippen molar-refractivity contribution in [2.45, 2.75) is 40.2 Å². The zero-order chi connectivity index (χ0) is 16.7. The van der Waals surface area contributed by atoms with Crippen LogP contribution in [0.4, 0.5) is 0 Å². The van der Waals surface area contributed by atoms with Crippen molar-refractivity contribution in [2.75, 3.05) is 33.5 Å². The molecule has 0 aliphatic carbocycles. The van der Waals surface area contributed by atoms with E-state index in [1.165, 1.54) is 0 Å². The topological polar surface area (TPSA) is 74.2 Å². The van der Waals surface area contributed by atoms with Gasteiger partial charge in [0, 0.05) is 38.5 Å². The molecule has 0 aliphatic heterocycles. The van der Waals surface area contributed by atoms with E-state index in [0.717, 1.165) is 7.11 Å². The lowest BCUT2D eigenvalue weighted by molar-refractivity contribution is -0.139. The molecule has 0 bridgehead atoms. The van der Waals surface area contributed by atoms with Crippen molar-refractivity contribution >= 4 is 14.8 Å². The maximum Gasteiger partial charge on any atom is 0.501 e. The Kier molecular flexibility index (Phi) is 15.3. The van der Waals surface area contributed by atoms with Crippen LogP contribution in [0, 0.1) is 0 Å². The maximum atomic E-state index is 11.2. The van der Waals surface area contributed by atoms with Gasteiger partial charge in [-0.1, -0.05) is 6.58 Å². The number of rotatable bonds is 11. The van der Waals surface area contributed by atoms with Crippen LogP contribution in [0.3, 0.4) is 0 Å². The maximum absolute atomic E-state index is 11.2. The lowest BCUT2D eigenvalue weighted by Gasteiger charge is -2.28. The van der Waals surface area contributed by atoms with Gasteiger partial charge in [-0.25, -0.2) is 4.79 Å². The van der Waals surface area contributed by atoms with Crippen LogP contribution in [-0.4, -0.2) is 53.4 Å². The first-order chi connectivity index (χ1) is 10.0. The fourth-order valence-electron chi connectivity index (χ4n) is 1.58. The predicted molar refractivity (Wildman–Crippen MR) is 84.0 cm³/mol. The van der Waals surface area contributed by atoms with Gasteiger partial charge in [-0.2, -0.15) is 0 Å². The molecule has 0 atom stereocenters. The van der Waals surface area contributed by atoms with Crippen molar-refractivity contribution in [3.05, 3.63) is 12.2 Å². The highest BCUT2D eigenvalue weighted by molar-refractivity contribution is 6.60. The van der Waals surface area contributed by atoms with Crippen LogP contribution in [0.5, 0.6) is 0 Å². The number of hydrogen-bond donors (Lipinski definition) is 1. The average Bonchev–Trinajstić information content (AvgIpc) is 2.46. The molecule has 0 saturated heterocycles. The van der Waals surface area contributed by atoms with Crippen molar-refractivity contribution in [3.8, 4) is 0 Å². The first kappa shape index (κ1) is 22.5. The number of hydrogen-bond acceptors (Lipinski definition) is 6. The molecule has 0 spiro atoms. The van der Waals surface area contributed by atoms with Gasteiger partial charge < -0.3 is 23.1 Å².